The fourth-order valence-electron chi connectivity index (χ4n) is 1.97. The van der Waals surface area contributed by atoms with Gasteiger partial charge in [0.2, 0.25) is 0 Å². The maximum atomic E-state index is 9.72. The van der Waals surface area contributed by atoms with Crippen LogP contribution >= 0.6 is 11.5 Å². The van der Waals surface area contributed by atoms with Crippen molar-refractivity contribution in [1.82, 2.24) is 9.59 Å². The summed E-state index contributed by atoms with van der Waals surface area (Å²) in [5.74, 6) is 0.414. The minimum atomic E-state index is -0.115. The molecule has 0 bridgehead atoms. The highest BCUT2D eigenvalue weighted by Gasteiger charge is 2.23. The summed E-state index contributed by atoms with van der Waals surface area (Å²) in [6.07, 6.45) is 5.31. The standard InChI is InChI=1S/C9H14N2OS/c12-9-4-2-1-3-7(9)5-8-6-13-11-10-8/h6-7,9,12H,1-5H2. The highest BCUT2D eigenvalue weighted by Crippen LogP contribution is 2.26. The van der Waals surface area contributed by atoms with Crippen molar-refractivity contribution < 1.29 is 5.11 Å². The van der Waals surface area contributed by atoms with Gasteiger partial charge in [-0.1, -0.05) is 17.3 Å². The molecule has 0 amide bonds. The maximum absolute atomic E-state index is 9.72. The van der Waals surface area contributed by atoms with Gasteiger partial charge in [0.15, 0.2) is 0 Å². The Kier molecular flexibility index (Phi) is 2.90. The molecule has 0 saturated heterocycles. The second-order valence-electron chi connectivity index (χ2n) is 3.71. The van der Waals surface area contributed by atoms with E-state index in [1.54, 1.807) is 0 Å². The SMILES string of the molecule is OC1CCCCC1Cc1csnn1. The van der Waals surface area contributed by atoms with E-state index in [0.29, 0.717) is 5.92 Å². The predicted molar refractivity (Wildman–Crippen MR) is 51.6 cm³/mol. The minimum absolute atomic E-state index is 0.115. The van der Waals surface area contributed by atoms with E-state index < -0.39 is 0 Å². The van der Waals surface area contributed by atoms with Crippen LogP contribution in [0, 0.1) is 5.92 Å². The van der Waals surface area contributed by atoms with E-state index in [1.807, 2.05) is 5.38 Å². The summed E-state index contributed by atoms with van der Waals surface area (Å²) in [6, 6.07) is 0. The van der Waals surface area contributed by atoms with Gasteiger partial charge in [-0.2, -0.15) is 0 Å². The predicted octanol–water partition coefficient (Wildman–Crippen LogP) is 1.63. The Morgan fingerprint density at radius 1 is 1.46 bits per heavy atom. The number of hydrogen-bond acceptors (Lipinski definition) is 4. The van der Waals surface area contributed by atoms with Crippen molar-refractivity contribution in [1.29, 1.82) is 0 Å². The van der Waals surface area contributed by atoms with E-state index in [1.165, 1.54) is 24.4 Å². The molecule has 1 aliphatic rings. The van der Waals surface area contributed by atoms with Crippen LogP contribution in [0.4, 0.5) is 0 Å². The lowest BCUT2D eigenvalue weighted by atomic mass is 9.84. The number of aliphatic hydroxyl groups excluding tert-OH is 1. The summed E-state index contributed by atoms with van der Waals surface area (Å²) in [4.78, 5) is 0. The van der Waals surface area contributed by atoms with Crippen molar-refractivity contribution in [3.63, 3.8) is 0 Å². The molecule has 4 heteroatoms. The lowest BCUT2D eigenvalue weighted by molar-refractivity contribution is 0.0695. The minimum Gasteiger partial charge on any atom is -0.393 e. The third-order valence-electron chi connectivity index (χ3n) is 2.75. The molecule has 2 unspecified atom stereocenters. The molecular weight excluding hydrogens is 184 g/mol. The fraction of sp³-hybridized carbons (Fsp3) is 0.778. The Balaban J connectivity index is 1.93. The Labute approximate surface area is 82.0 Å². The molecule has 0 radical (unpaired) electrons. The van der Waals surface area contributed by atoms with Gasteiger partial charge in [-0.3, -0.25) is 0 Å². The van der Waals surface area contributed by atoms with Crippen LogP contribution in [0.25, 0.3) is 0 Å². The smallest absolute Gasteiger partial charge is 0.0759 e. The van der Waals surface area contributed by atoms with Crippen LogP contribution in [0.1, 0.15) is 31.4 Å². The van der Waals surface area contributed by atoms with Crippen molar-refractivity contribution in [2.45, 2.75) is 38.2 Å². The van der Waals surface area contributed by atoms with E-state index in [0.717, 1.165) is 25.0 Å². The quantitative estimate of drug-likeness (QED) is 0.785. The lowest BCUT2D eigenvalue weighted by Crippen LogP contribution is -2.26. The summed E-state index contributed by atoms with van der Waals surface area (Å²) in [5, 5.41) is 15.7. The first-order valence-electron chi connectivity index (χ1n) is 4.80. The molecule has 1 saturated carbocycles. The van der Waals surface area contributed by atoms with Gasteiger partial charge < -0.3 is 5.11 Å². The first-order valence-corrected chi connectivity index (χ1v) is 5.64. The lowest BCUT2D eigenvalue weighted by Gasteiger charge is -2.26. The van der Waals surface area contributed by atoms with E-state index in [-0.39, 0.29) is 6.10 Å². The normalized spacial score (nSPS) is 29.0. The zero-order valence-electron chi connectivity index (χ0n) is 7.52. The highest BCUT2D eigenvalue weighted by atomic mass is 32.1. The molecular formula is C9H14N2OS. The molecule has 1 aromatic heterocycles. The molecule has 72 valence electrons. The Morgan fingerprint density at radius 3 is 3.00 bits per heavy atom. The van der Waals surface area contributed by atoms with Crippen LogP contribution in [0.15, 0.2) is 5.38 Å². The molecule has 1 aromatic rings. The molecule has 0 aromatic carbocycles. The van der Waals surface area contributed by atoms with Gasteiger partial charge in [0.05, 0.1) is 11.8 Å². The van der Waals surface area contributed by atoms with Crippen molar-refractivity contribution in [2.24, 2.45) is 5.92 Å². The molecule has 0 spiro atoms. The van der Waals surface area contributed by atoms with Gasteiger partial charge in [-0.25, -0.2) is 0 Å². The number of rotatable bonds is 2. The molecule has 1 heterocycles. The van der Waals surface area contributed by atoms with E-state index in [2.05, 4.69) is 9.59 Å². The van der Waals surface area contributed by atoms with Gasteiger partial charge in [0.25, 0.3) is 0 Å². The first-order chi connectivity index (χ1) is 6.36. The number of aromatic nitrogens is 2. The summed E-state index contributed by atoms with van der Waals surface area (Å²) in [7, 11) is 0. The first kappa shape index (κ1) is 9.09. The third kappa shape index (κ3) is 2.25. The van der Waals surface area contributed by atoms with Crippen molar-refractivity contribution in [2.75, 3.05) is 0 Å². The summed E-state index contributed by atoms with van der Waals surface area (Å²) in [6.45, 7) is 0. The van der Waals surface area contributed by atoms with Crippen molar-refractivity contribution >= 4 is 11.5 Å². The average Bonchev–Trinajstić information content (AvgIpc) is 2.61. The fourth-order valence-corrected chi connectivity index (χ4v) is 2.43. The maximum Gasteiger partial charge on any atom is 0.0759 e. The molecule has 13 heavy (non-hydrogen) atoms. The van der Waals surface area contributed by atoms with Gasteiger partial charge in [0.1, 0.15) is 0 Å². The van der Waals surface area contributed by atoms with E-state index in [9.17, 15) is 5.11 Å². The Bertz CT molecular complexity index is 250. The third-order valence-corrected chi connectivity index (χ3v) is 3.30. The zero-order chi connectivity index (χ0) is 9.10. The summed E-state index contributed by atoms with van der Waals surface area (Å²) in [5.41, 5.74) is 1.04. The molecule has 1 aliphatic carbocycles. The second kappa shape index (κ2) is 4.15. The molecule has 1 fully saturated rings. The topological polar surface area (TPSA) is 46.0 Å². The number of nitrogens with zero attached hydrogens (tertiary/aromatic N) is 2. The van der Waals surface area contributed by atoms with Crippen molar-refractivity contribution in [3.05, 3.63) is 11.1 Å². The number of hydrogen-bond donors (Lipinski definition) is 1. The molecule has 1 N–H and O–H groups in total. The van der Waals surface area contributed by atoms with Crippen molar-refractivity contribution in [3.8, 4) is 0 Å². The van der Waals surface area contributed by atoms with Gasteiger partial charge in [0, 0.05) is 5.38 Å². The molecule has 2 atom stereocenters. The zero-order valence-corrected chi connectivity index (χ0v) is 8.33. The van der Waals surface area contributed by atoms with Crippen LogP contribution in [0.3, 0.4) is 0 Å². The summed E-state index contributed by atoms with van der Waals surface area (Å²) < 4.78 is 3.82. The summed E-state index contributed by atoms with van der Waals surface area (Å²) >= 11 is 1.39. The van der Waals surface area contributed by atoms with Gasteiger partial charge in [-0.05, 0) is 36.7 Å². The Hall–Kier alpha value is -0.480. The van der Waals surface area contributed by atoms with Gasteiger partial charge >= 0.3 is 0 Å². The van der Waals surface area contributed by atoms with Crippen LogP contribution in [0.5, 0.6) is 0 Å². The average molecular weight is 198 g/mol. The second-order valence-corrected chi connectivity index (χ2v) is 4.32. The van der Waals surface area contributed by atoms with Crippen LogP contribution in [0.2, 0.25) is 0 Å². The monoisotopic (exact) mass is 198 g/mol. The largest absolute Gasteiger partial charge is 0.393 e. The number of aliphatic hydroxyl groups is 1. The van der Waals surface area contributed by atoms with Crippen LogP contribution < -0.4 is 0 Å². The Morgan fingerprint density at radius 2 is 2.31 bits per heavy atom. The highest BCUT2D eigenvalue weighted by molar-refractivity contribution is 7.03. The molecule has 2 rings (SSSR count). The van der Waals surface area contributed by atoms with E-state index >= 15 is 0 Å². The van der Waals surface area contributed by atoms with Crippen LogP contribution in [-0.4, -0.2) is 20.8 Å². The van der Waals surface area contributed by atoms with Crippen LogP contribution in [-0.2, 0) is 6.42 Å². The molecule has 0 aliphatic heterocycles. The van der Waals surface area contributed by atoms with Gasteiger partial charge in [-0.15, -0.1) is 5.10 Å². The molecule has 3 nitrogen and oxygen atoms in total. The van der Waals surface area contributed by atoms with E-state index in [4.69, 9.17) is 0 Å².